The number of rotatable bonds is 6. The summed E-state index contributed by atoms with van der Waals surface area (Å²) in [6.07, 6.45) is 3.44. The van der Waals surface area contributed by atoms with E-state index in [1.54, 1.807) is 0 Å². The zero-order chi connectivity index (χ0) is 15.2. The fraction of sp³-hybridized carbons (Fsp3) is 0.786. The van der Waals surface area contributed by atoms with Crippen LogP contribution in [-0.2, 0) is 14.4 Å². The molecule has 2 rings (SSSR count). The van der Waals surface area contributed by atoms with Crippen molar-refractivity contribution in [3.05, 3.63) is 0 Å². The number of amides is 3. The van der Waals surface area contributed by atoms with E-state index < -0.39 is 0 Å². The zero-order valence-electron chi connectivity index (χ0n) is 12.6. The lowest BCUT2D eigenvalue weighted by Crippen LogP contribution is -2.47. The van der Waals surface area contributed by atoms with Gasteiger partial charge in [0.15, 0.2) is 0 Å². The van der Waals surface area contributed by atoms with Crippen LogP contribution < -0.4 is 10.6 Å². The van der Waals surface area contributed by atoms with Crippen LogP contribution in [0.5, 0.6) is 0 Å². The van der Waals surface area contributed by atoms with Gasteiger partial charge in [0.05, 0.1) is 13.1 Å². The molecule has 2 N–H and O–H groups in total. The van der Waals surface area contributed by atoms with Gasteiger partial charge in [0.1, 0.15) is 0 Å². The summed E-state index contributed by atoms with van der Waals surface area (Å²) in [5.74, 6) is -0.680. The number of nitrogens with one attached hydrogen (secondary N) is 2. The standard InChI is InChI=1S/C14H24N4O3/c1-15-8-11-4-2-6-17(11)9-12(19)16-13(20)10-18-7-3-5-14(18)21/h11,15H,2-10H2,1H3,(H,16,19,20). The number of likely N-dealkylation sites (tertiary alicyclic amines) is 2. The zero-order valence-corrected chi connectivity index (χ0v) is 12.6. The van der Waals surface area contributed by atoms with Crippen molar-refractivity contribution in [3.63, 3.8) is 0 Å². The molecule has 0 bridgehead atoms. The largest absolute Gasteiger partial charge is 0.333 e. The van der Waals surface area contributed by atoms with Crippen LogP contribution in [0.1, 0.15) is 25.7 Å². The Morgan fingerprint density at radius 2 is 1.95 bits per heavy atom. The molecule has 0 radical (unpaired) electrons. The second kappa shape index (κ2) is 7.51. The molecule has 7 heteroatoms. The van der Waals surface area contributed by atoms with Crippen LogP contribution in [-0.4, -0.2) is 73.3 Å². The molecule has 0 aromatic carbocycles. The first-order valence-corrected chi connectivity index (χ1v) is 7.59. The molecule has 0 aromatic rings. The number of nitrogens with zero attached hydrogens (tertiary/aromatic N) is 2. The Morgan fingerprint density at radius 3 is 2.62 bits per heavy atom. The molecular formula is C14H24N4O3. The average molecular weight is 296 g/mol. The second-order valence-electron chi connectivity index (χ2n) is 5.71. The van der Waals surface area contributed by atoms with Crippen LogP contribution >= 0.6 is 0 Å². The first-order chi connectivity index (χ1) is 10.1. The highest BCUT2D eigenvalue weighted by molar-refractivity contribution is 5.98. The first-order valence-electron chi connectivity index (χ1n) is 7.59. The van der Waals surface area contributed by atoms with E-state index in [-0.39, 0.29) is 30.8 Å². The smallest absolute Gasteiger partial charge is 0.246 e. The molecule has 2 heterocycles. The number of carbonyl (C=O) groups excluding carboxylic acids is 3. The molecule has 2 fully saturated rings. The lowest BCUT2D eigenvalue weighted by Gasteiger charge is -2.23. The van der Waals surface area contributed by atoms with Crippen molar-refractivity contribution in [2.75, 3.05) is 39.8 Å². The number of hydrogen-bond acceptors (Lipinski definition) is 5. The Balaban J connectivity index is 1.73. The molecule has 2 saturated heterocycles. The number of hydrogen-bond donors (Lipinski definition) is 2. The van der Waals surface area contributed by atoms with Gasteiger partial charge in [-0.25, -0.2) is 0 Å². The van der Waals surface area contributed by atoms with E-state index in [0.29, 0.717) is 19.0 Å². The van der Waals surface area contributed by atoms with E-state index in [4.69, 9.17) is 0 Å². The van der Waals surface area contributed by atoms with Gasteiger partial charge in [-0.1, -0.05) is 0 Å². The molecule has 0 spiro atoms. The quantitative estimate of drug-likeness (QED) is 0.653. The average Bonchev–Trinajstić information content (AvgIpc) is 3.01. The Bertz CT molecular complexity index is 413. The van der Waals surface area contributed by atoms with Gasteiger partial charge in [0.25, 0.3) is 0 Å². The topological polar surface area (TPSA) is 81.8 Å². The molecule has 3 amide bonds. The fourth-order valence-corrected chi connectivity index (χ4v) is 3.03. The normalized spacial score (nSPS) is 22.8. The SMILES string of the molecule is CNCC1CCCN1CC(=O)NC(=O)CN1CCCC1=O. The van der Waals surface area contributed by atoms with E-state index in [1.165, 1.54) is 4.90 Å². The highest BCUT2D eigenvalue weighted by atomic mass is 16.2. The predicted octanol–water partition coefficient (Wildman–Crippen LogP) is -1.06. The van der Waals surface area contributed by atoms with Crippen molar-refractivity contribution in [2.45, 2.75) is 31.7 Å². The van der Waals surface area contributed by atoms with Gasteiger partial charge in [-0.2, -0.15) is 0 Å². The molecule has 0 aliphatic carbocycles. The van der Waals surface area contributed by atoms with Gasteiger partial charge in [-0.05, 0) is 32.9 Å². The molecule has 0 aromatic heterocycles. The summed E-state index contributed by atoms with van der Waals surface area (Å²) in [6.45, 7) is 2.58. The van der Waals surface area contributed by atoms with Gasteiger partial charge < -0.3 is 10.2 Å². The maximum Gasteiger partial charge on any atom is 0.246 e. The van der Waals surface area contributed by atoms with Crippen molar-refractivity contribution in [1.82, 2.24) is 20.4 Å². The molecule has 2 aliphatic rings. The van der Waals surface area contributed by atoms with Crippen LogP contribution in [0.25, 0.3) is 0 Å². The minimum atomic E-state index is -0.389. The Labute approximate surface area is 125 Å². The van der Waals surface area contributed by atoms with Crippen molar-refractivity contribution in [3.8, 4) is 0 Å². The van der Waals surface area contributed by atoms with Crippen LogP contribution in [0.15, 0.2) is 0 Å². The summed E-state index contributed by atoms with van der Waals surface area (Å²) in [5, 5.41) is 5.51. The van der Waals surface area contributed by atoms with Crippen molar-refractivity contribution in [1.29, 1.82) is 0 Å². The minimum Gasteiger partial charge on any atom is -0.333 e. The van der Waals surface area contributed by atoms with Gasteiger partial charge in [0, 0.05) is 25.6 Å². The van der Waals surface area contributed by atoms with Gasteiger partial charge in [0.2, 0.25) is 17.7 Å². The van der Waals surface area contributed by atoms with Gasteiger partial charge in [-0.15, -0.1) is 0 Å². The van der Waals surface area contributed by atoms with E-state index >= 15 is 0 Å². The van der Waals surface area contributed by atoms with Crippen molar-refractivity contribution in [2.24, 2.45) is 0 Å². The molecular weight excluding hydrogens is 272 g/mol. The van der Waals surface area contributed by atoms with Crippen LogP contribution in [0.3, 0.4) is 0 Å². The molecule has 7 nitrogen and oxygen atoms in total. The maximum atomic E-state index is 11.9. The number of carbonyl (C=O) groups is 3. The summed E-state index contributed by atoms with van der Waals surface area (Å²) in [4.78, 5) is 38.7. The maximum absolute atomic E-state index is 11.9. The molecule has 1 unspecified atom stereocenters. The molecule has 21 heavy (non-hydrogen) atoms. The third-order valence-corrected chi connectivity index (χ3v) is 4.07. The molecule has 118 valence electrons. The Morgan fingerprint density at radius 1 is 1.19 bits per heavy atom. The number of imide groups is 1. The highest BCUT2D eigenvalue weighted by Gasteiger charge is 2.27. The molecule has 2 aliphatic heterocycles. The van der Waals surface area contributed by atoms with Crippen LogP contribution in [0, 0.1) is 0 Å². The third kappa shape index (κ3) is 4.50. The second-order valence-corrected chi connectivity index (χ2v) is 5.71. The van der Waals surface area contributed by atoms with Gasteiger partial charge in [-0.3, -0.25) is 24.6 Å². The lowest BCUT2D eigenvalue weighted by atomic mass is 10.2. The summed E-state index contributed by atoms with van der Waals surface area (Å²) in [5.41, 5.74) is 0. The third-order valence-electron chi connectivity index (χ3n) is 4.07. The summed E-state index contributed by atoms with van der Waals surface area (Å²) in [7, 11) is 1.90. The fourth-order valence-electron chi connectivity index (χ4n) is 3.03. The monoisotopic (exact) mass is 296 g/mol. The summed E-state index contributed by atoms with van der Waals surface area (Å²) >= 11 is 0. The summed E-state index contributed by atoms with van der Waals surface area (Å²) < 4.78 is 0. The van der Waals surface area contributed by atoms with Crippen LogP contribution in [0.2, 0.25) is 0 Å². The predicted molar refractivity (Wildman–Crippen MR) is 77.5 cm³/mol. The molecule has 0 saturated carbocycles. The van der Waals surface area contributed by atoms with Crippen molar-refractivity contribution >= 4 is 17.7 Å². The lowest BCUT2D eigenvalue weighted by molar-refractivity contribution is -0.136. The van der Waals surface area contributed by atoms with Crippen LogP contribution in [0.4, 0.5) is 0 Å². The highest BCUT2D eigenvalue weighted by Crippen LogP contribution is 2.15. The minimum absolute atomic E-state index is 0.00812. The van der Waals surface area contributed by atoms with Crippen molar-refractivity contribution < 1.29 is 14.4 Å². The Hall–Kier alpha value is -1.47. The van der Waals surface area contributed by atoms with E-state index in [0.717, 1.165) is 32.4 Å². The van der Waals surface area contributed by atoms with E-state index in [9.17, 15) is 14.4 Å². The van der Waals surface area contributed by atoms with E-state index in [1.807, 2.05) is 7.05 Å². The summed E-state index contributed by atoms with van der Waals surface area (Å²) in [6, 6.07) is 0.357. The number of likely N-dealkylation sites (N-methyl/N-ethyl adjacent to an activating group) is 1. The molecule has 1 atom stereocenters. The van der Waals surface area contributed by atoms with Gasteiger partial charge >= 0.3 is 0 Å². The Kier molecular flexibility index (Phi) is 5.69. The first kappa shape index (κ1) is 15.9. The van der Waals surface area contributed by atoms with E-state index in [2.05, 4.69) is 15.5 Å².